The monoisotopic (exact) mass is 271 g/mol. The summed E-state index contributed by atoms with van der Waals surface area (Å²) < 4.78 is 0. The topological polar surface area (TPSA) is 29.1 Å². The lowest BCUT2D eigenvalue weighted by Crippen LogP contribution is -2.21. The van der Waals surface area contributed by atoms with Crippen molar-refractivity contribution in [3.8, 4) is 0 Å². The molecule has 98 valence electrons. The lowest BCUT2D eigenvalue weighted by molar-refractivity contribution is -0.115. The predicted molar refractivity (Wildman–Crippen MR) is 82.8 cm³/mol. The Kier molecular flexibility index (Phi) is 4.63. The molecular formula is C16H17NOS. The molecule has 0 spiro atoms. The first-order valence-electron chi connectivity index (χ1n) is 6.27. The van der Waals surface area contributed by atoms with Crippen LogP contribution in [0.25, 0.3) is 0 Å². The first kappa shape index (κ1) is 13.7. The second-order valence-electron chi connectivity index (χ2n) is 4.48. The minimum Gasteiger partial charge on any atom is -0.325 e. The van der Waals surface area contributed by atoms with Gasteiger partial charge < -0.3 is 5.32 Å². The van der Waals surface area contributed by atoms with Crippen molar-refractivity contribution in [2.24, 2.45) is 0 Å². The first-order chi connectivity index (χ1) is 9.16. The van der Waals surface area contributed by atoms with Crippen molar-refractivity contribution < 1.29 is 4.79 Å². The Hall–Kier alpha value is -1.74. The van der Waals surface area contributed by atoms with Crippen LogP contribution in [0.2, 0.25) is 0 Å². The standard InChI is InChI=1S/C16H17NOS/c1-12(19)16(18)17-15-10-6-5-9-14(15)11-13-7-3-2-4-8-13/h2-10,12,19H,11H2,1H3,(H,17,18). The molecule has 0 bridgehead atoms. The van der Waals surface area contributed by atoms with Gasteiger partial charge in [-0.15, -0.1) is 0 Å². The molecule has 0 radical (unpaired) electrons. The molecule has 0 aliphatic rings. The van der Waals surface area contributed by atoms with Crippen LogP contribution in [0.3, 0.4) is 0 Å². The highest BCUT2D eigenvalue weighted by Crippen LogP contribution is 2.19. The van der Waals surface area contributed by atoms with Gasteiger partial charge in [-0.05, 0) is 30.5 Å². The van der Waals surface area contributed by atoms with Gasteiger partial charge in [-0.2, -0.15) is 12.6 Å². The maximum absolute atomic E-state index is 11.7. The fraction of sp³-hybridized carbons (Fsp3) is 0.188. The third kappa shape index (κ3) is 3.86. The SMILES string of the molecule is CC(S)C(=O)Nc1ccccc1Cc1ccccc1. The van der Waals surface area contributed by atoms with Crippen LogP contribution in [-0.4, -0.2) is 11.2 Å². The van der Waals surface area contributed by atoms with E-state index in [1.54, 1.807) is 6.92 Å². The van der Waals surface area contributed by atoms with E-state index in [0.29, 0.717) is 0 Å². The quantitative estimate of drug-likeness (QED) is 0.818. The number of thiol groups is 1. The highest BCUT2D eigenvalue weighted by Gasteiger charge is 2.10. The van der Waals surface area contributed by atoms with Crippen molar-refractivity contribution in [2.45, 2.75) is 18.6 Å². The van der Waals surface area contributed by atoms with Gasteiger partial charge in [-0.1, -0.05) is 48.5 Å². The fourth-order valence-corrected chi connectivity index (χ4v) is 1.91. The lowest BCUT2D eigenvalue weighted by atomic mass is 10.0. The second kappa shape index (κ2) is 6.43. The van der Waals surface area contributed by atoms with Crippen molar-refractivity contribution >= 4 is 24.2 Å². The molecule has 0 aromatic heterocycles. The molecule has 1 unspecified atom stereocenters. The number of carbonyl (C=O) groups excluding carboxylic acids is 1. The van der Waals surface area contributed by atoms with Gasteiger partial charge in [0.25, 0.3) is 0 Å². The van der Waals surface area contributed by atoms with Crippen LogP contribution in [0.4, 0.5) is 5.69 Å². The van der Waals surface area contributed by atoms with Crippen LogP contribution in [0.1, 0.15) is 18.1 Å². The van der Waals surface area contributed by atoms with Crippen molar-refractivity contribution in [1.82, 2.24) is 0 Å². The third-order valence-corrected chi connectivity index (χ3v) is 3.13. The minimum absolute atomic E-state index is 0.0798. The Morgan fingerprint density at radius 2 is 1.74 bits per heavy atom. The summed E-state index contributed by atoms with van der Waals surface area (Å²) in [5.74, 6) is -0.0798. The van der Waals surface area contributed by atoms with E-state index in [1.807, 2.05) is 42.5 Å². The van der Waals surface area contributed by atoms with Crippen molar-refractivity contribution in [3.05, 3.63) is 65.7 Å². The summed E-state index contributed by atoms with van der Waals surface area (Å²) in [7, 11) is 0. The Labute approximate surface area is 119 Å². The molecule has 0 aliphatic heterocycles. The Morgan fingerprint density at radius 1 is 1.11 bits per heavy atom. The summed E-state index contributed by atoms with van der Waals surface area (Å²) in [5, 5.41) is 2.60. The summed E-state index contributed by atoms with van der Waals surface area (Å²) in [6.45, 7) is 1.76. The molecule has 1 amide bonds. The van der Waals surface area contributed by atoms with Gasteiger partial charge in [0.2, 0.25) is 5.91 Å². The molecule has 0 saturated heterocycles. The number of hydrogen-bond acceptors (Lipinski definition) is 2. The van der Waals surface area contributed by atoms with Crippen LogP contribution in [0.15, 0.2) is 54.6 Å². The van der Waals surface area contributed by atoms with E-state index in [2.05, 4.69) is 30.1 Å². The largest absolute Gasteiger partial charge is 0.325 e. The zero-order valence-corrected chi connectivity index (χ0v) is 11.7. The lowest BCUT2D eigenvalue weighted by Gasteiger charge is -2.12. The molecule has 0 heterocycles. The van der Waals surface area contributed by atoms with Crippen LogP contribution in [0.5, 0.6) is 0 Å². The highest BCUT2D eigenvalue weighted by atomic mass is 32.1. The maximum Gasteiger partial charge on any atom is 0.236 e. The zero-order chi connectivity index (χ0) is 13.7. The molecule has 19 heavy (non-hydrogen) atoms. The molecule has 1 N–H and O–H groups in total. The summed E-state index contributed by atoms with van der Waals surface area (Å²) in [6.07, 6.45) is 0.804. The Morgan fingerprint density at radius 3 is 2.42 bits per heavy atom. The highest BCUT2D eigenvalue weighted by molar-refractivity contribution is 7.81. The number of nitrogens with one attached hydrogen (secondary N) is 1. The maximum atomic E-state index is 11.7. The minimum atomic E-state index is -0.315. The molecule has 1 atom stereocenters. The normalized spacial score (nSPS) is 11.9. The average Bonchev–Trinajstić information content (AvgIpc) is 2.42. The molecule has 2 rings (SSSR count). The number of hydrogen-bond donors (Lipinski definition) is 2. The summed E-state index contributed by atoms with van der Waals surface area (Å²) >= 11 is 4.14. The van der Waals surface area contributed by atoms with Crippen molar-refractivity contribution in [1.29, 1.82) is 0 Å². The average molecular weight is 271 g/mol. The number of benzene rings is 2. The van der Waals surface area contributed by atoms with Gasteiger partial charge in [-0.3, -0.25) is 4.79 Å². The van der Waals surface area contributed by atoms with Crippen LogP contribution in [0, 0.1) is 0 Å². The van der Waals surface area contributed by atoms with E-state index in [0.717, 1.165) is 17.7 Å². The number of carbonyl (C=O) groups is 1. The summed E-state index contributed by atoms with van der Waals surface area (Å²) in [4.78, 5) is 11.7. The van der Waals surface area contributed by atoms with Gasteiger partial charge in [0.1, 0.15) is 0 Å². The molecule has 0 fully saturated rings. The molecule has 0 aliphatic carbocycles. The van der Waals surface area contributed by atoms with Gasteiger partial charge >= 0.3 is 0 Å². The summed E-state index contributed by atoms with van der Waals surface area (Å²) in [6, 6.07) is 18.1. The molecule has 2 aromatic carbocycles. The molecule has 2 nitrogen and oxygen atoms in total. The molecule has 0 saturated carbocycles. The van der Waals surface area contributed by atoms with Crippen LogP contribution < -0.4 is 5.32 Å². The molecule has 2 aromatic rings. The van der Waals surface area contributed by atoms with E-state index >= 15 is 0 Å². The van der Waals surface area contributed by atoms with Gasteiger partial charge in [-0.25, -0.2) is 0 Å². The molecular weight excluding hydrogens is 254 g/mol. The number of anilines is 1. The van der Waals surface area contributed by atoms with Crippen LogP contribution >= 0.6 is 12.6 Å². The van der Waals surface area contributed by atoms with E-state index < -0.39 is 0 Å². The summed E-state index contributed by atoms with van der Waals surface area (Å²) in [5.41, 5.74) is 3.19. The number of amides is 1. The van der Waals surface area contributed by atoms with Gasteiger partial charge in [0.15, 0.2) is 0 Å². The van der Waals surface area contributed by atoms with E-state index in [9.17, 15) is 4.79 Å². The predicted octanol–water partition coefficient (Wildman–Crippen LogP) is 3.53. The van der Waals surface area contributed by atoms with E-state index in [1.165, 1.54) is 5.56 Å². The number of rotatable bonds is 4. The van der Waals surface area contributed by atoms with Gasteiger partial charge in [0.05, 0.1) is 5.25 Å². The van der Waals surface area contributed by atoms with E-state index in [4.69, 9.17) is 0 Å². The second-order valence-corrected chi connectivity index (χ2v) is 5.26. The van der Waals surface area contributed by atoms with Crippen molar-refractivity contribution in [3.63, 3.8) is 0 Å². The first-order valence-corrected chi connectivity index (χ1v) is 6.79. The fourth-order valence-electron chi connectivity index (χ4n) is 1.85. The number of para-hydroxylation sites is 1. The zero-order valence-electron chi connectivity index (χ0n) is 10.8. The third-order valence-electron chi connectivity index (χ3n) is 2.89. The van der Waals surface area contributed by atoms with Crippen LogP contribution in [-0.2, 0) is 11.2 Å². The van der Waals surface area contributed by atoms with E-state index in [-0.39, 0.29) is 11.2 Å². The molecule has 3 heteroatoms. The van der Waals surface area contributed by atoms with Gasteiger partial charge in [0, 0.05) is 5.69 Å². The Balaban J connectivity index is 2.19. The smallest absolute Gasteiger partial charge is 0.236 e. The Bertz CT molecular complexity index is 552. The van der Waals surface area contributed by atoms with Crippen molar-refractivity contribution in [2.75, 3.05) is 5.32 Å².